The lowest BCUT2D eigenvalue weighted by Crippen LogP contribution is -2.02. The van der Waals surface area contributed by atoms with E-state index in [0.29, 0.717) is 12.1 Å². The van der Waals surface area contributed by atoms with Crippen molar-refractivity contribution >= 4 is 12.4 Å². The second kappa shape index (κ2) is 5.59. The molecule has 2 nitrogen and oxygen atoms in total. The van der Waals surface area contributed by atoms with E-state index < -0.39 is 0 Å². The number of benzene rings is 1. The van der Waals surface area contributed by atoms with Crippen LogP contribution in [0.5, 0.6) is 0 Å². The van der Waals surface area contributed by atoms with Crippen molar-refractivity contribution in [3.05, 3.63) is 35.4 Å². The van der Waals surface area contributed by atoms with Crippen LogP contribution in [0, 0.1) is 11.3 Å². The molecule has 0 radical (unpaired) electrons. The fourth-order valence-corrected chi connectivity index (χ4v) is 0.913. The highest BCUT2D eigenvalue weighted by Gasteiger charge is 1.90. The standard InChI is InChI=1S/C9H10N2.ClH/c10-6-5-8-1-3-9(7-11)4-2-8;/h1-4H,5-6,10H2;1H. The van der Waals surface area contributed by atoms with Crippen molar-refractivity contribution in [3.8, 4) is 6.07 Å². The summed E-state index contributed by atoms with van der Waals surface area (Å²) in [6.07, 6.45) is 0.881. The smallest absolute Gasteiger partial charge is 0.0991 e. The minimum Gasteiger partial charge on any atom is -0.330 e. The Morgan fingerprint density at radius 2 is 1.83 bits per heavy atom. The average Bonchev–Trinajstić information content (AvgIpc) is 2.07. The molecule has 0 aliphatic heterocycles. The summed E-state index contributed by atoms with van der Waals surface area (Å²) >= 11 is 0. The van der Waals surface area contributed by atoms with Crippen LogP contribution in [0.3, 0.4) is 0 Å². The number of hydrogen-bond acceptors (Lipinski definition) is 2. The predicted octanol–water partition coefficient (Wildman–Crippen LogP) is 1.48. The van der Waals surface area contributed by atoms with E-state index in [0.717, 1.165) is 6.42 Å². The molecule has 2 N–H and O–H groups in total. The SMILES string of the molecule is Cl.N#Cc1ccc(CCN)cc1. The van der Waals surface area contributed by atoms with Crippen LogP contribution in [0.2, 0.25) is 0 Å². The summed E-state index contributed by atoms with van der Waals surface area (Å²) in [5.41, 5.74) is 7.25. The summed E-state index contributed by atoms with van der Waals surface area (Å²) in [7, 11) is 0. The Kier molecular flexibility index (Phi) is 5.11. The van der Waals surface area contributed by atoms with Crippen LogP contribution < -0.4 is 5.73 Å². The maximum absolute atomic E-state index is 8.48. The van der Waals surface area contributed by atoms with Gasteiger partial charge in [0.1, 0.15) is 0 Å². The Morgan fingerprint density at radius 1 is 1.25 bits per heavy atom. The summed E-state index contributed by atoms with van der Waals surface area (Å²) in [4.78, 5) is 0. The second-order valence-electron chi connectivity index (χ2n) is 2.35. The summed E-state index contributed by atoms with van der Waals surface area (Å²) in [6, 6.07) is 9.56. The molecule has 0 bridgehead atoms. The zero-order chi connectivity index (χ0) is 8.10. The van der Waals surface area contributed by atoms with Crippen LogP contribution in [0.4, 0.5) is 0 Å². The van der Waals surface area contributed by atoms with Gasteiger partial charge in [-0.3, -0.25) is 0 Å². The molecule has 0 spiro atoms. The first-order valence-electron chi connectivity index (χ1n) is 3.56. The van der Waals surface area contributed by atoms with Crippen molar-refractivity contribution < 1.29 is 0 Å². The molecule has 0 unspecified atom stereocenters. The van der Waals surface area contributed by atoms with E-state index in [9.17, 15) is 0 Å². The van der Waals surface area contributed by atoms with E-state index in [1.165, 1.54) is 5.56 Å². The molecule has 0 saturated heterocycles. The highest BCUT2D eigenvalue weighted by atomic mass is 35.5. The van der Waals surface area contributed by atoms with Gasteiger partial charge in [-0.1, -0.05) is 12.1 Å². The lowest BCUT2D eigenvalue weighted by atomic mass is 10.1. The molecule has 0 aliphatic rings. The zero-order valence-electron chi connectivity index (χ0n) is 6.66. The van der Waals surface area contributed by atoms with Crippen LogP contribution in [0.15, 0.2) is 24.3 Å². The maximum atomic E-state index is 8.48. The summed E-state index contributed by atoms with van der Waals surface area (Å²) < 4.78 is 0. The molecule has 1 aromatic carbocycles. The Hall–Kier alpha value is -1.04. The predicted molar refractivity (Wildman–Crippen MR) is 51.2 cm³/mol. The summed E-state index contributed by atoms with van der Waals surface area (Å²) in [6.45, 7) is 0.659. The van der Waals surface area contributed by atoms with E-state index in [4.69, 9.17) is 11.0 Å². The molecule has 0 amide bonds. The van der Waals surface area contributed by atoms with Gasteiger partial charge in [0.2, 0.25) is 0 Å². The average molecular weight is 183 g/mol. The van der Waals surface area contributed by atoms with E-state index >= 15 is 0 Å². The quantitative estimate of drug-likeness (QED) is 0.754. The Morgan fingerprint density at radius 3 is 2.25 bits per heavy atom. The molecule has 12 heavy (non-hydrogen) atoms. The third-order valence-electron chi connectivity index (χ3n) is 1.52. The number of nitrogens with zero attached hydrogens (tertiary/aromatic N) is 1. The van der Waals surface area contributed by atoms with Gasteiger partial charge in [-0.2, -0.15) is 5.26 Å². The number of rotatable bonds is 2. The fourth-order valence-electron chi connectivity index (χ4n) is 0.913. The first-order chi connectivity index (χ1) is 5.36. The second-order valence-corrected chi connectivity index (χ2v) is 2.35. The monoisotopic (exact) mass is 182 g/mol. The lowest BCUT2D eigenvalue weighted by Gasteiger charge is -1.96. The Balaban J connectivity index is 0.00000121. The van der Waals surface area contributed by atoms with Gasteiger partial charge in [0.05, 0.1) is 11.6 Å². The lowest BCUT2D eigenvalue weighted by molar-refractivity contribution is 0.968. The Labute approximate surface area is 78.4 Å². The topological polar surface area (TPSA) is 49.8 Å². The molecular formula is C9H11ClN2. The third kappa shape index (κ3) is 2.91. The molecule has 0 atom stereocenters. The number of nitriles is 1. The van der Waals surface area contributed by atoms with E-state index in [1.807, 2.05) is 24.3 Å². The number of hydrogen-bond donors (Lipinski definition) is 1. The van der Waals surface area contributed by atoms with Crippen molar-refractivity contribution in [2.75, 3.05) is 6.54 Å². The molecule has 0 fully saturated rings. The first-order valence-corrected chi connectivity index (χ1v) is 3.56. The maximum Gasteiger partial charge on any atom is 0.0991 e. The summed E-state index contributed by atoms with van der Waals surface area (Å²) in [5, 5.41) is 8.48. The van der Waals surface area contributed by atoms with Crippen LogP contribution in [-0.2, 0) is 6.42 Å². The van der Waals surface area contributed by atoms with Crippen LogP contribution in [0.1, 0.15) is 11.1 Å². The normalized spacial score (nSPS) is 8.33. The number of halogens is 1. The van der Waals surface area contributed by atoms with Crippen molar-refractivity contribution in [3.63, 3.8) is 0 Å². The van der Waals surface area contributed by atoms with Crippen molar-refractivity contribution in [1.82, 2.24) is 0 Å². The molecule has 0 saturated carbocycles. The molecule has 64 valence electrons. The molecule has 1 aromatic rings. The molecular weight excluding hydrogens is 172 g/mol. The van der Waals surface area contributed by atoms with Gasteiger partial charge in [-0.05, 0) is 30.7 Å². The molecule has 0 heterocycles. The molecule has 1 rings (SSSR count). The Bertz CT molecular complexity index is 261. The molecule has 3 heteroatoms. The van der Waals surface area contributed by atoms with Crippen LogP contribution in [0.25, 0.3) is 0 Å². The third-order valence-corrected chi connectivity index (χ3v) is 1.52. The number of nitrogens with two attached hydrogens (primary N) is 1. The van der Waals surface area contributed by atoms with E-state index in [1.54, 1.807) is 0 Å². The van der Waals surface area contributed by atoms with Gasteiger partial charge in [0.15, 0.2) is 0 Å². The van der Waals surface area contributed by atoms with Gasteiger partial charge in [0.25, 0.3) is 0 Å². The van der Waals surface area contributed by atoms with Crippen molar-refractivity contribution in [1.29, 1.82) is 5.26 Å². The molecule has 0 aliphatic carbocycles. The van der Waals surface area contributed by atoms with Gasteiger partial charge >= 0.3 is 0 Å². The van der Waals surface area contributed by atoms with Crippen LogP contribution >= 0.6 is 12.4 Å². The van der Waals surface area contributed by atoms with Crippen molar-refractivity contribution in [2.45, 2.75) is 6.42 Å². The highest BCUT2D eigenvalue weighted by molar-refractivity contribution is 5.85. The minimum atomic E-state index is 0. The van der Waals surface area contributed by atoms with E-state index in [2.05, 4.69) is 6.07 Å². The first kappa shape index (κ1) is 11.0. The van der Waals surface area contributed by atoms with Crippen LogP contribution in [-0.4, -0.2) is 6.54 Å². The van der Waals surface area contributed by atoms with Gasteiger partial charge < -0.3 is 5.73 Å². The highest BCUT2D eigenvalue weighted by Crippen LogP contribution is 2.02. The van der Waals surface area contributed by atoms with Gasteiger partial charge in [-0.15, -0.1) is 12.4 Å². The zero-order valence-corrected chi connectivity index (χ0v) is 7.47. The van der Waals surface area contributed by atoms with E-state index in [-0.39, 0.29) is 12.4 Å². The van der Waals surface area contributed by atoms with Gasteiger partial charge in [0, 0.05) is 0 Å². The largest absolute Gasteiger partial charge is 0.330 e. The molecule has 0 aromatic heterocycles. The fraction of sp³-hybridized carbons (Fsp3) is 0.222. The van der Waals surface area contributed by atoms with Gasteiger partial charge in [-0.25, -0.2) is 0 Å². The minimum absolute atomic E-state index is 0. The van der Waals surface area contributed by atoms with Crippen molar-refractivity contribution in [2.24, 2.45) is 5.73 Å². The summed E-state index contributed by atoms with van der Waals surface area (Å²) in [5.74, 6) is 0.